The van der Waals surface area contributed by atoms with Gasteiger partial charge in [0.1, 0.15) is 6.10 Å². The Morgan fingerprint density at radius 2 is 2.09 bits per heavy atom. The zero-order chi connectivity index (χ0) is 15.4. The van der Waals surface area contributed by atoms with Gasteiger partial charge in [0.05, 0.1) is 6.54 Å². The van der Waals surface area contributed by atoms with Crippen molar-refractivity contribution in [3.63, 3.8) is 0 Å². The van der Waals surface area contributed by atoms with Gasteiger partial charge >= 0.3 is 0 Å². The molecule has 5 heteroatoms. The predicted octanol–water partition coefficient (Wildman–Crippen LogP) is 2.47. The summed E-state index contributed by atoms with van der Waals surface area (Å²) in [5.41, 5.74) is 1.88. The predicted molar refractivity (Wildman–Crippen MR) is 82.8 cm³/mol. The Balaban J connectivity index is 1.65. The molecule has 2 heterocycles. The van der Waals surface area contributed by atoms with Gasteiger partial charge in [-0.3, -0.25) is 4.79 Å². The minimum absolute atomic E-state index is 0.0279. The Kier molecular flexibility index (Phi) is 4.32. The Bertz CT molecular complexity index is 628. The van der Waals surface area contributed by atoms with Crippen molar-refractivity contribution >= 4 is 5.91 Å². The molecule has 1 amide bonds. The molecule has 0 N–H and O–H groups in total. The quantitative estimate of drug-likeness (QED) is 0.873. The Morgan fingerprint density at radius 3 is 2.82 bits per heavy atom. The highest BCUT2D eigenvalue weighted by Gasteiger charge is 2.25. The van der Waals surface area contributed by atoms with E-state index in [0.717, 1.165) is 30.5 Å². The van der Waals surface area contributed by atoms with Crippen LogP contribution in [0.1, 0.15) is 28.8 Å². The van der Waals surface area contributed by atoms with Gasteiger partial charge in [0, 0.05) is 24.4 Å². The van der Waals surface area contributed by atoms with Crippen LogP contribution in [-0.2, 0) is 0 Å². The van der Waals surface area contributed by atoms with Gasteiger partial charge < -0.3 is 9.64 Å². The van der Waals surface area contributed by atoms with Gasteiger partial charge in [-0.1, -0.05) is 17.7 Å². The average molecular weight is 297 g/mol. The molecule has 0 saturated carbocycles. The standard InChI is InChI=1S/C17H19N3O2/c1-13-6-8-14(9-7-13)17(21)20-11-3-4-15(12-20)22-16-5-2-10-18-19-16/h2,5-10,15H,3-4,11-12H2,1H3/t15-/m0/s1. The fourth-order valence-electron chi connectivity index (χ4n) is 2.62. The van der Waals surface area contributed by atoms with Crippen molar-refractivity contribution in [2.75, 3.05) is 13.1 Å². The maximum Gasteiger partial charge on any atom is 0.253 e. The van der Waals surface area contributed by atoms with E-state index in [-0.39, 0.29) is 12.0 Å². The van der Waals surface area contributed by atoms with Gasteiger partial charge in [0.15, 0.2) is 0 Å². The van der Waals surface area contributed by atoms with Gasteiger partial charge in [0.2, 0.25) is 5.88 Å². The summed E-state index contributed by atoms with van der Waals surface area (Å²) in [5, 5.41) is 7.74. The van der Waals surface area contributed by atoms with Crippen LogP contribution in [0.3, 0.4) is 0 Å². The number of carbonyl (C=O) groups is 1. The second kappa shape index (κ2) is 6.56. The van der Waals surface area contributed by atoms with E-state index < -0.39 is 0 Å². The van der Waals surface area contributed by atoms with Crippen LogP contribution in [0.4, 0.5) is 0 Å². The third kappa shape index (κ3) is 3.42. The highest BCUT2D eigenvalue weighted by Crippen LogP contribution is 2.18. The number of likely N-dealkylation sites (tertiary alicyclic amines) is 1. The number of aromatic nitrogens is 2. The van der Waals surface area contributed by atoms with Crippen LogP contribution in [-0.4, -0.2) is 40.2 Å². The van der Waals surface area contributed by atoms with Crippen LogP contribution in [0, 0.1) is 6.92 Å². The second-order valence-corrected chi connectivity index (χ2v) is 5.56. The lowest BCUT2D eigenvalue weighted by Gasteiger charge is -2.32. The SMILES string of the molecule is Cc1ccc(C(=O)N2CCC[C@H](Oc3cccnn3)C2)cc1. The van der Waals surface area contributed by atoms with E-state index >= 15 is 0 Å². The molecule has 1 atom stereocenters. The summed E-state index contributed by atoms with van der Waals surface area (Å²) < 4.78 is 5.82. The lowest BCUT2D eigenvalue weighted by molar-refractivity contribution is 0.0525. The summed E-state index contributed by atoms with van der Waals surface area (Å²) in [5.74, 6) is 0.574. The molecule has 5 nitrogen and oxygen atoms in total. The molecule has 0 radical (unpaired) electrons. The number of piperidine rings is 1. The highest BCUT2D eigenvalue weighted by atomic mass is 16.5. The van der Waals surface area contributed by atoms with Crippen molar-refractivity contribution in [3.05, 3.63) is 53.7 Å². The van der Waals surface area contributed by atoms with Crippen LogP contribution in [0.15, 0.2) is 42.6 Å². The van der Waals surface area contributed by atoms with Gasteiger partial charge in [-0.2, -0.15) is 5.10 Å². The molecule has 2 aromatic rings. The summed E-state index contributed by atoms with van der Waals surface area (Å²) in [6.07, 6.45) is 3.44. The van der Waals surface area contributed by atoms with Crippen LogP contribution in [0.25, 0.3) is 0 Å². The third-order valence-electron chi connectivity index (χ3n) is 3.80. The molecule has 1 aromatic carbocycles. The van der Waals surface area contributed by atoms with E-state index in [1.54, 1.807) is 18.3 Å². The van der Waals surface area contributed by atoms with Gasteiger partial charge in [0.25, 0.3) is 5.91 Å². The maximum absolute atomic E-state index is 12.6. The minimum Gasteiger partial charge on any atom is -0.471 e. The fraction of sp³-hybridized carbons (Fsp3) is 0.353. The molecular weight excluding hydrogens is 278 g/mol. The van der Waals surface area contributed by atoms with Crippen LogP contribution in [0.5, 0.6) is 5.88 Å². The molecule has 1 saturated heterocycles. The number of rotatable bonds is 3. The Hall–Kier alpha value is -2.43. The molecule has 1 aliphatic rings. The maximum atomic E-state index is 12.6. The van der Waals surface area contributed by atoms with Crippen molar-refractivity contribution in [2.45, 2.75) is 25.9 Å². The topological polar surface area (TPSA) is 55.3 Å². The van der Waals surface area contributed by atoms with E-state index in [0.29, 0.717) is 12.4 Å². The molecular formula is C17H19N3O2. The minimum atomic E-state index is -0.0279. The van der Waals surface area contributed by atoms with Crippen molar-refractivity contribution in [1.29, 1.82) is 0 Å². The Morgan fingerprint density at radius 1 is 1.27 bits per heavy atom. The molecule has 22 heavy (non-hydrogen) atoms. The van der Waals surface area contributed by atoms with E-state index in [9.17, 15) is 4.79 Å². The largest absolute Gasteiger partial charge is 0.471 e. The summed E-state index contributed by atoms with van der Waals surface area (Å²) >= 11 is 0. The highest BCUT2D eigenvalue weighted by molar-refractivity contribution is 5.94. The first kappa shape index (κ1) is 14.5. The van der Waals surface area contributed by atoms with Gasteiger partial charge in [-0.15, -0.1) is 5.10 Å². The van der Waals surface area contributed by atoms with Gasteiger partial charge in [-0.25, -0.2) is 0 Å². The summed E-state index contributed by atoms with van der Waals surface area (Å²) in [4.78, 5) is 14.4. The van der Waals surface area contributed by atoms with Crippen molar-refractivity contribution in [2.24, 2.45) is 0 Å². The number of ether oxygens (including phenoxy) is 1. The molecule has 0 spiro atoms. The van der Waals surface area contributed by atoms with Crippen LogP contribution < -0.4 is 4.74 Å². The second-order valence-electron chi connectivity index (χ2n) is 5.56. The number of nitrogens with zero attached hydrogens (tertiary/aromatic N) is 3. The smallest absolute Gasteiger partial charge is 0.253 e. The number of benzene rings is 1. The number of hydrogen-bond acceptors (Lipinski definition) is 4. The average Bonchev–Trinajstić information content (AvgIpc) is 2.56. The fourth-order valence-corrected chi connectivity index (χ4v) is 2.62. The van der Waals surface area contributed by atoms with Crippen LogP contribution in [0.2, 0.25) is 0 Å². The Labute approximate surface area is 129 Å². The summed E-state index contributed by atoms with van der Waals surface area (Å²) in [6.45, 7) is 3.37. The number of aryl methyl sites for hydroxylation is 1. The molecule has 0 aliphatic carbocycles. The molecule has 1 aliphatic heterocycles. The molecule has 0 unspecified atom stereocenters. The molecule has 3 rings (SSSR count). The van der Waals surface area contributed by atoms with Crippen molar-refractivity contribution < 1.29 is 9.53 Å². The van der Waals surface area contributed by atoms with E-state index in [4.69, 9.17) is 4.74 Å². The first-order valence-corrected chi connectivity index (χ1v) is 7.53. The van der Waals surface area contributed by atoms with Crippen molar-refractivity contribution in [3.8, 4) is 5.88 Å². The van der Waals surface area contributed by atoms with E-state index in [1.807, 2.05) is 36.1 Å². The number of carbonyl (C=O) groups excluding carboxylic acids is 1. The molecule has 114 valence electrons. The lowest BCUT2D eigenvalue weighted by Crippen LogP contribution is -2.44. The number of amides is 1. The molecule has 1 aromatic heterocycles. The van der Waals surface area contributed by atoms with Crippen LogP contribution >= 0.6 is 0 Å². The van der Waals surface area contributed by atoms with E-state index in [1.165, 1.54) is 0 Å². The van der Waals surface area contributed by atoms with Crippen molar-refractivity contribution in [1.82, 2.24) is 15.1 Å². The normalized spacial score (nSPS) is 18.0. The molecule has 0 bridgehead atoms. The summed E-state index contributed by atoms with van der Waals surface area (Å²) in [6, 6.07) is 11.3. The number of hydrogen-bond donors (Lipinski definition) is 0. The molecule has 1 fully saturated rings. The first-order valence-electron chi connectivity index (χ1n) is 7.53. The van der Waals surface area contributed by atoms with Gasteiger partial charge in [-0.05, 0) is 38.0 Å². The van der Waals surface area contributed by atoms with E-state index in [2.05, 4.69) is 10.2 Å². The zero-order valence-electron chi connectivity index (χ0n) is 12.6. The monoisotopic (exact) mass is 297 g/mol. The zero-order valence-corrected chi connectivity index (χ0v) is 12.6. The first-order chi connectivity index (χ1) is 10.7. The lowest BCUT2D eigenvalue weighted by atomic mass is 10.1. The summed E-state index contributed by atoms with van der Waals surface area (Å²) in [7, 11) is 0. The third-order valence-corrected chi connectivity index (χ3v) is 3.80.